The monoisotopic (exact) mass is 493 g/mol. The van der Waals surface area contributed by atoms with Crippen molar-refractivity contribution in [3.05, 3.63) is 60.4 Å². The number of carbonyl (C=O) groups is 1. The lowest BCUT2D eigenvalue weighted by Gasteiger charge is -2.26. The molecule has 1 aliphatic rings. The molecule has 12 heteroatoms. The first kappa shape index (κ1) is 24.0. The number of hydrogen-bond donors (Lipinski definition) is 1. The number of para-hydroxylation sites is 1. The van der Waals surface area contributed by atoms with Gasteiger partial charge in [0.05, 0.1) is 25.5 Å². The van der Waals surface area contributed by atoms with Crippen molar-refractivity contribution in [2.45, 2.75) is 18.1 Å². The third kappa shape index (κ3) is 6.72. The molecular formula is C22H22F3N5O3S. The molecule has 0 spiro atoms. The second-order valence-corrected chi connectivity index (χ2v) is 8.31. The van der Waals surface area contributed by atoms with Crippen LogP contribution in [0.2, 0.25) is 0 Å². The molecule has 1 N–H and O–H groups in total. The third-order valence-electron chi connectivity index (χ3n) is 4.89. The number of thioether (sulfide) groups is 1. The summed E-state index contributed by atoms with van der Waals surface area (Å²) in [5.41, 5.74) is 1.25. The van der Waals surface area contributed by atoms with Crippen LogP contribution in [0.3, 0.4) is 0 Å². The van der Waals surface area contributed by atoms with Crippen LogP contribution in [0.1, 0.15) is 5.82 Å². The maximum atomic E-state index is 12.4. The summed E-state index contributed by atoms with van der Waals surface area (Å²) < 4.78 is 48.0. The number of alkyl halides is 3. The van der Waals surface area contributed by atoms with E-state index in [9.17, 15) is 18.0 Å². The molecule has 0 unspecified atom stereocenters. The van der Waals surface area contributed by atoms with E-state index < -0.39 is 6.36 Å². The van der Waals surface area contributed by atoms with Gasteiger partial charge in [-0.1, -0.05) is 30.0 Å². The van der Waals surface area contributed by atoms with Gasteiger partial charge in [-0.25, -0.2) is 0 Å². The fraction of sp³-hybridized carbons (Fsp3) is 0.318. The zero-order valence-corrected chi connectivity index (χ0v) is 18.8. The zero-order chi connectivity index (χ0) is 24.0. The Balaban J connectivity index is 1.41. The number of ether oxygens (including phenoxy) is 2. The first-order chi connectivity index (χ1) is 16.4. The Labute approximate surface area is 198 Å². The van der Waals surface area contributed by atoms with Gasteiger partial charge in [0, 0.05) is 24.5 Å². The van der Waals surface area contributed by atoms with E-state index in [1.807, 2.05) is 34.9 Å². The van der Waals surface area contributed by atoms with Gasteiger partial charge < -0.3 is 14.8 Å². The van der Waals surface area contributed by atoms with Crippen molar-refractivity contribution in [1.82, 2.24) is 19.7 Å². The summed E-state index contributed by atoms with van der Waals surface area (Å²) in [6.45, 7) is 3.55. The minimum Gasteiger partial charge on any atom is -0.406 e. The Morgan fingerprint density at radius 1 is 1.06 bits per heavy atom. The number of nitrogens with one attached hydrogen (secondary N) is 1. The molecule has 1 aliphatic heterocycles. The highest BCUT2D eigenvalue weighted by atomic mass is 32.2. The normalized spacial score (nSPS) is 14.7. The Bertz CT molecular complexity index is 1090. The van der Waals surface area contributed by atoms with Crippen LogP contribution >= 0.6 is 11.8 Å². The number of anilines is 1. The summed E-state index contributed by atoms with van der Waals surface area (Å²) in [6, 6.07) is 14.6. The summed E-state index contributed by atoms with van der Waals surface area (Å²) in [6.07, 6.45) is -4.77. The van der Waals surface area contributed by atoms with Gasteiger partial charge in [0.2, 0.25) is 5.91 Å². The average Bonchev–Trinajstić information content (AvgIpc) is 3.21. The van der Waals surface area contributed by atoms with Crippen molar-refractivity contribution >= 4 is 23.4 Å². The number of amides is 1. The van der Waals surface area contributed by atoms with E-state index in [2.05, 4.69) is 25.2 Å². The first-order valence-corrected chi connectivity index (χ1v) is 11.4. The molecule has 1 aromatic heterocycles. The molecule has 0 atom stereocenters. The van der Waals surface area contributed by atoms with Gasteiger partial charge in [-0.05, 0) is 36.4 Å². The Morgan fingerprint density at radius 2 is 1.76 bits per heavy atom. The molecule has 0 bridgehead atoms. The summed E-state index contributed by atoms with van der Waals surface area (Å²) in [5.74, 6) is 0.121. The number of benzene rings is 2. The molecule has 1 amide bonds. The molecule has 0 aliphatic carbocycles. The van der Waals surface area contributed by atoms with Gasteiger partial charge in [-0.3, -0.25) is 14.3 Å². The molecule has 0 radical (unpaired) electrons. The van der Waals surface area contributed by atoms with Gasteiger partial charge in [-0.2, -0.15) is 0 Å². The lowest BCUT2D eigenvalue weighted by atomic mass is 10.3. The van der Waals surface area contributed by atoms with E-state index in [-0.39, 0.29) is 17.4 Å². The van der Waals surface area contributed by atoms with Crippen LogP contribution in [0.5, 0.6) is 5.75 Å². The van der Waals surface area contributed by atoms with E-state index in [1.54, 1.807) is 0 Å². The smallest absolute Gasteiger partial charge is 0.406 e. The van der Waals surface area contributed by atoms with Gasteiger partial charge in [0.1, 0.15) is 5.75 Å². The predicted octanol–water partition coefficient (Wildman–Crippen LogP) is 3.73. The van der Waals surface area contributed by atoms with Crippen LogP contribution in [0.25, 0.3) is 5.69 Å². The minimum atomic E-state index is -4.77. The summed E-state index contributed by atoms with van der Waals surface area (Å²) in [4.78, 5) is 14.7. The number of hydrogen-bond acceptors (Lipinski definition) is 7. The molecule has 0 saturated carbocycles. The van der Waals surface area contributed by atoms with Crippen molar-refractivity contribution < 1.29 is 27.4 Å². The van der Waals surface area contributed by atoms with Crippen LogP contribution in [0.4, 0.5) is 18.9 Å². The zero-order valence-electron chi connectivity index (χ0n) is 18.0. The van der Waals surface area contributed by atoms with Gasteiger partial charge in [-0.15, -0.1) is 23.4 Å². The average molecular weight is 494 g/mol. The van der Waals surface area contributed by atoms with Crippen LogP contribution < -0.4 is 10.1 Å². The van der Waals surface area contributed by atoms with Crippen molar-refractivity contribution in [3.8, 4) is 11.4 Å². The largest absolute Gasteiger partial charge is 0.573 e. The second-order valence-electron chi connectivity index (χ2n) is 7.37. The predicted molar refractivity (Wildman–Crippen MR) is 120 cm³/mol. The standard InChI is InChI=1S/C22H22F3N5O3S/c23-22(24,25)33-18-8-6-16(7-9-18)26-20(31)15-34-21-28-27-19(14-29-10-12-32-13-11-29)30(21)17-4-2-1-3-5-17/h1-9H,10-15H2,(H,26,31). The van der Waals surface area contributed by atoms with Crippen molar-refractivity contribution in [3.63, 3.8) is 0 Å². The molecule has 1 fully saturated rings. The SMILES string of the molecule is O=C(CSc1nnc(CN2CCOCC2)n1-c1ccccc1)Nc1ccc(OC(F)(F)F)cc1. The molecule has 8 nitrogen and oxygen atoms in total. The van der Waals surface area contributed by atoms with Gasteiger partial charge >= 0.3 is 6.36 Å². The highest BCUT2D eigenvalue weighted by Gasteiger charge is 2.31. The quantitative estimate of drug-likeness (QED) is 0.479. The Hall–Kier alpha value is -3.09. The van der Waals surface area contributed by atoms with Gasteiger partial charge in [0.25, 0.3) is 0 Å². The number of halogens is 3. The Kier molecular flexibility index (Phi) is 7.70. The maximum absolute atomic E-state index is 12.4. The van der Waals surface area contributed by atoms with E-state index in [1.165, 1.54) is 23.9 Å². The molecular weight excluding hydrogens is 471 g/mol. The third-order valence-corrected chi connectivity index (χ3v) is 5.82. The topological polar surface area (TPSA) is 81.5 Å². The van der Waals surface area contributed by atoms with E-state index in [4.69, 9.17) is 4.74 Å². The maximum Gasteiger partial charge on any atom is 0.573 e. The van der Waals surface area contributed by atoms with Crippen molar-refractivity contribution in [2.75, 3.05) is 37.4 Å². The van der Waals surface area contributed by atoms with Crippen LogP contribution in [-0.4, -0.2) is 64.0 Å². The molecule has 1 saturated heterocycles. The summed E-state index contributed by atoms with van der Waals surface area (Å²) in [5, 5.41) is 11.9. The lowest BCUT2D eigenvalue weighted by molar-refractivity contribution is -0.274. The fourth-order valence-electron chi connectivity index (χ4n) is 3.36. The number of rotatable bonds is 8. The lowest BCUT2D eigenvalue weighted by Crippen LogP contribution is -2.36. The number of nitrogens with zero attached hydrogens (tertiary/aromatic N) is 4. The van der Waals surface area contributed by atoms with E-state index in [0.29, 0.717) is 30.6 Å². The second kappa shape index (κ2) is 10.9. The molecule has 34 heavy (non-hydrogen) atoms. The Morgan fingerprint density at radius 3 is 2.44 bits per heavy atom. The number of aromatic nitrogens is 3. The first-order valence-electron chi connectivity index (χ1n) is 10.5. The molecule has 3 aromatic rings. The summed E-state index contributed by atoms with van der Waals surface area (Å²) in [7, 11) is 0. The molecule has 2 aromatic carbocycles. The fourth-order valence-corrected chi connectivity index (χ4v) is 4.13. The van der Waals surface area contributed by atoms with Crippen molar-refractivity contribution in [2.24, 2.45) is 0 Å². The molecule has 180 valence electrons. The van der Waals surface area contributed by atoms with Crippen LogP contribution in [0, 0.1) is 0 Å². The highest BCUT2D eigenvalue weighted by Crippen LogP contribution is 2.25. The van der Waals surface area contributed by atoms with Crippen LogP contribution in [-0.2, 0) is 16.1 Å². The van der Waals surface area contributed by atoms with E-state index >= 15 is 0 Å². The highest BCUT2D eigenvalue weighted by molar-refractivity contribution is 7.99. The van der Waals surface area contributed by atoms with Crippen molar-refractivity contribution in [1.29, 1.82) is 0 Å². The van der Waals surface area contributed by atoms with Gasteiger partial charge in [0.15, 0.2) is 11.0 Å². The van der Waals surface area contributed by atoms with Crippen LogP contribution in [0.15, 0.2) is 59.8 Å². The van der Waals surface area contributed by atoms with E-state index in [0.717, 1.165) is 36.7 Å². The number of morpholine rings is 1. The summed E-state index contributed by atoms with van der Waals surface area (Å²) >= 11 is 1.22. The molecule has 4 rings (SSSR count). The number of carbonyl (C=O) groups excluding carboxylic acids is 1. The molecule has 2 heterocycles. The minimum absolute atomic E-state index is 0.0450.